The highest BCUT2D eigenvalue weighted by atomic mass is 15.5. The first kappa shape index (κ1) is 14.5. The van der Waals surface area contributed by atoms with Crippen LogP contribution in [0.4, 0.5) is 17.1 Å². The molecule has 0 aromatic heterocycles. The Morgan fingerprint density at radius 2 is 1.04 bits per heavy atom. The van der Waals surface area contributed by atoms with Gasteiger partial charge in [-0.1, -0.05) is 72.8 Å². The Morgan fingerprint density at radius 1 is 0.500 bits per heavy atom. The molecular weight excluding hydrogens is 292 g/mol. The first-order chi connectivity index (χ1) is 11.9. The third kappa shape index (κ3) is 2.87. The quantitative estimate of drug-likeness (QED) is 0.522. The van der Waals surface area contributed by atoms with Gasteiger partial charge < -0.3 is 0 Å². The molecule has 0 aliphatic heterocycles. The van der Waals surface area contributed by atoms with Crippen LogP contribution in [0.3, 0.4) is 0 Å². The van der Waals surface area contributed by atoms with Crippen LogP contribution in [0, 0.1) is 0 Å². The minimum atomic E-state index is 1.12. The van der Waals surface area contributed by atoms with Crippen molar-refractivity contribution in [2.75, 3.05) is 5.43 Å². The van der Waals surface area contributed by atoms with E-state index in [0.717, 1.165) is 10.7 Å². The highest BCUT2D eigenvalue weighted by Gasteiger charge is 2.16. The summed E-state index contributed by atoms with van der Waals surface area (Å²) in [6.07, 6.45) is 0. The van der Waals surface area contributed by atoms with Gasteiger partial charge in [0, 0.05) is 29.7 Å². The van der Waals surface area contributed by atoms with Gasteiger partial charge in [-0.15, -0.1) is 0 Å². The Kier molecular flexibility index (Phi) is 3.96. The summed E-state index contributed by atoms with van der Waals surface area (Å²) in [6, 6.07) is 35.8. The van der Waals surface area contributed by atoms with Gasteiger partial charge in [0.15, 0.2) is 11.4 Å². The zero-order valence-electron chi connectivity index (χ0n) is 13.3. The molecule has 0 heterocycles. The lowest BCUT2D eigenvalue weighted by molar-refractivity contribution is -0.733. The molecule has 0 unspecified atom stereocenters. The van der Waals surface area contributed by atoms with Crippen LogP contribution in [0.5, 0.6) is 0 Å². The number of fused-ring (bicyclic) bond motifs is 1. The summed E-state index contributed by atoms with van der Waals surface area (Å²) in [5, 5.41) is 3.58. The minimum Gasteiger partial charge on any atom is -0.228 e. The van der Waals surface area contributed by atoms with Crippen LogP contribution in [-0.4, -0.2) is 0 Å². The van der Waals surface area contributed by atoms with E-state index in [0.29, 0.717) is 0 Å². The molecule has 0 atom stereocenters. The van der Waals surface area contributed by atoms with Crippen molar-refractivity contribution in [2.45, 2.75) is 0 Å². The van der Waals surface area contributed by atoms with Crippen molar-refractivity contribution < 1.29 is 5.01 Å². The zero-order valence-corrected chi connectivity index (χ0v) is 13.3. The van der Waals surface area contributed by atoms with Crippen LogP contribution in [0.25, 0.3) is 10.8 Å². The Morgan fingerprint density at radius 3 is 1.71 bits per heavy atom. The Labute approximate surface area is 142 Å². The van der Waals surface area contributed by atoms with Crippen molar-refractivity contribution >= 4 is 27.8 Å². The molecule has 0 radical (unpaired) electrons. The molecule has 0 saturated carbocycles. The molecule has 2 N–H and O–H groups in total. The first-order valence-electron chi connectivity index (χ1n) is 8.14. The van der Waals surface area contributed by atoms with E-state index < -0.39 is 0 Å². The summed E-state index contributed by atoms with van der Waals surface area (Å²) in [4.78, 5) is 0. The largest absolute Gasteiger partial charge is 0.228 e. The van der Waals surface area contributed by atoms with Gasteiger partial charge in [-0.2, -0.15) is 5.01 Å². The predicted molar refractivity (Wildman–Crippen MR) is 101 cm³/mol. The minimum absolute atomic E-state index is 1.12. The van der Waals surface area contributed by atoms with Crippen LogP contribution in [-0.2, 0) is 0 Å². The second kappa shape index (κ2) is 6.57. The molecule has 0 spiro atoms. The molecule has 2 heteroatoms. The van der Waals surface area contributed by atoms with E-state index in [1.807, 2.05) is 12.1 Å². The number of benzene rings is 4. The lowest BCUT2D eigenvalue weighted by Gasteiger charge is -2.20. The van der Waals surface area contributed by atoms with Crippen molar-refractivity contribution in [3.63, 3.8) is 0 Å². The molecule has 0 aliphatic rings. The summed E-state index contributed by atoms with van der Waals surface area (Å²) in [7, 11) is 0. The number of anilines is 1. The molecule has 4 rings (SSSR count). The highest BCUT2D eigenvalue weighted by molar-refractivity contribution is 5.93. The van der Waals surface area contributed by atoms with Crippen LogP contribution in [0.15, 0.2) is 103 Å². The molecule has 2 nitrogen and oxygen atoms in total. The Balaban J connectivity index is 1.80. The summed E-state index contributed by atoms with van der Waals surface area (Å²) < 4.78 is 0. The Bertz CT molecular complexity index is 889. The van der Waals surface area contributed by atoms with Gasteiger partial charge in [0.1, 0.15) is 0 Å². The Hall–Kier alpha value is -3.10. The number of para-hydroxylation sites is 2. The normalized spacial score (nSPS) is 10.9. The lowest BCUT2D eigenvalue weighted by Crippen LogP contribution is -3.05. The SMILES string of the molecule is c1ccc([NH+](Nc2cccc3ccccc23)c2ccccc2)cc1. The number of quaternary nitrogens is 1. The van der Waals surface area contributed by atoms with Crippen molar-refractivity contribution in [1.29, 1.82) is 0 Å². The van der Waals surface area contributed by atoms with E-state index in [1.165, 1.54) is 22.1 Å². The van der Waals surface area contributed by atoms with Gasteiger partial charge in [-0.05, 0) is 11.5 Å². The summed E-state index contributed by atoms with van der Waals surface area (Å²) in [6.45, 7) is 0. The van der Waals surface area contributed by atoms with E-state index in [1.54, 1.807) is 0 Å². The topological polar surface area (TPSA) is 16.5 Å². The van der Waals surface area contributed by atoms with E-state index >= 15 is 0 Å². The monoisotopic (exact) mass is 311 g/mol. The molecule has 116 valence electrons. The molecule has 0 saturated heterocycles. The number of hydrogen-bond acceptors (Lipinski definition) is 1. The summed E-state index contributed by atoms with van der Waals surface area (Å²) in [5.41, 5.74) is 7.15. The fourth-order valence-electron chi connectivity index (χ4n) is 2.99. The van der Waals surface area contributed by atoms with E-state index in [-0.39, 0.29) is 0 Å². The molecule has 0 bridgehead atoms. The van der Waals surface area contributed by atoms with Gasteiger partial charge in [0.2, 0.25) is 0 Å². The maximum absolute atomic E-state index is 3.67. The van der Waals surface area contributed by atoms with E-state index in [2.05, 4.69) is 96.4 Å². The van der Waals surface area contributed by atoms with Crippen molar-refractivity contribution in [3.05, 3.63) is 103 Å². The fourth-order valence-corrected chi connectivity index (χ4v) is 2.99. The molecular formula is C22H19N2+. The zero-order chi connectivity index (χ0) is 16.2. The second-order valence-electron chi connectivity index (χ2n) is 5.76. The van der Waals surface area contributed by atoms with Crippen LogP contribution < -0.4 is 10.4 Å². The van der Waals surface area contributed by atoms with Crippen molar-refractivity contribution in [3.8, 4) is 0 Å². The van der Waals surface area contributed by atoms with Gasteiger partial charge in [-0.25, -0.2) is 5.43 Å². The van der Waals surface area contributed by atoms with Crippen LogP contribution in [0.2, 0.25) is 0 Å². The molecule has 0 aliphatic carbocycles. The summed E-state index contributed by atoms with van der Waals surface area (Å²) >= 11 is 0. The maximum atomic E-state index is 3.67. The van der Waals surface area contributed by atoms with Gasteiger partial charge in [0.25, 0.3) is 0 Å². The maximum Gasteiger partial charge on any atom is 0.160 e. The van der Waals surface area contributed by atoms with Crippen LogP contribution >= 0.6 is 0 Å². The second-order valence-corrected chi connectivity index (χ2v) is 5.76. The van der Waals surface area contributed by atoms with Gasteiger partial charge in [-0.3, -0.25) is 0 Å². The van der Waals surface area contributed by atoms with E-state index in [4.69, 9.17) is 0 Å². The molecule has 4 aromatic rings. The molecule has 24 heavy (non-hydrogen) atoms. The van der Waals surface area contributed by atoms with E-state index in [9.17, 15) is 0 Å². The van der Waals surface area contributed by atoms with Crippen molar-refractivity contribution in [1.82, 2.24) is 0 Å². The van der Waals surface area contributed by atoms with Crippen molar-refractivity contribution in [2.24, 2.45) is 0 Å². The van der Waals surface area contributed by atoms with Gasteiger partial charge >= 0.3 is 0 Å². The molecule has 0 fully saturated rings. The summed E-state index contributed by atoms with van der Waals surface area (Å²) in [5.74, 6) is 0. The smallest absolute Gasteiger partial charge is 0.160 e. The lowest BCUT2D eigenvalue weighted by atomic mass is 10.1. The highest BCUT2D eigenvalue weighted by Crippen LogP contribution is 2.22. The standard InChI is InChI=1S/C22H18N2/c1-3-12-19(13-4-1)24(20-14-5-2-6-15-20)23-22-17-9-11-18-10-7-8-16-21(18)22/h1-17,23H/p+1. The number of rotatable bonds is 4. The molecule has 4 aromatic carbocycles. The number of nitrogens with one attached hydrogen (secondary N) is 2. The number of hydrogen-bond donors (Lipinski definition) is 2. The first-order valence-corrected chi connectivity index (χ1v) is 8.14. The average molecular weight is 311 g/mol. The van der Waals surface area contributed by atoms with Gasteiger partial charge in [0.05, 0.1) is 5.69 Å². The van der Waals surface area contributed by atoms with Crippen LogP contribution in [0.1, 0.15) is 0 Å². The molecule has 0 amide bonds. The fraction of sp³-hybridized carbons (Fsp3) is 0. The third-order valence-corrected chi connectivity index (χ3v) is 4.17. The third-order valence-electron chi connectivity index (χ3n) is 4.17. The predicted octanol–water partition coefficient (Wildman–Crippen LogP) is 4.72. The average Bonchev–Trinajstić information content (AvgIpc) is 2.67.